The number of amides is 3. The van der Waals surface area contributed by atoms with E-state index < -0.39 is 80.2 Å². The van der Waals surface area contributed by atoms with Crippen LogP contribution in [0.15, 0.2) is 92.0 Å². The van der Waals surface area contributed by atoms with Crippen LogP contribution in [0.1, 0.15) is 63.4 Å². The molecule has 3 N–H and O–H groups in total. The van der Waals surface area contributed by atoms with Gasteiger partial charge >= 0.3 is 6.18 Å². The number of sulfonamides is 1. The molecule has 0 bridgehead atoms. The standard InChI is InChI=1S/C45H48F4N6O7S/c1-4-6-7-8-12-15-36(50-29-16-21-35(46)34(22-29)45(47,48)49)42(57)55-26-31(24-38(55)40(56)53-44(25-28(44)5-2)43(58)54-63(59,60)32-18-19-32)62-41-33-20-17-30(61-3)23-37(33)51-39(52-41)27-13-10-9-11-14-27/h4-5,9-11,13-14,16-17,20-23,28,31-32,36,38,50H,1-2,6-8,12,15,18-19,24-26H2,3H3,(H,53,56)(H,54,58)/t28-,31-,36+,38+,44-/m1/s1. The van der Waals surface area contributed by atoms with Gasteiger partial charge in [0.15, 0.2) is 5.82 Å². The van der Waals surface area contributed by atoms with Crippen LogP contribution in [0.5, 0.6) is 11.6 Å². The van der Waals surface area contributed by atoms with E-state index in [0.717, 1.165) is 12.5 Å². The second-order valence-corrected chi connectivity index (χ2v) is 18.0. The van der Waals surface area contributed by atoms with Crippen LogP contribution in [0.4, 0.5) is 23.2 Å². The number of halogens is 4. The molecule has 0 unspecified atom stereocenters. The zero-order chi connectivity index (χ0) is 45.1. The highest BCUT2D eigenvalue weighted by atomic mass is 32.2. The van der Waals surface area contributed by atoms with Gasteiger partial charge in [-0.2, -0.15) is 18.2 Å². The number of likely N-dealkylation sites (tertiary alicyclic amines) is 1. The first-order chi connectivity index (χ1) is 30.1. The van der Waals surface area contributed by atoms with Crippen molar-refractivity contribution in [3.8, 4) is 23.0 Å². The quantitative estimate of drug-likeness (QED) is 0.0502. The highest BCUT2D eigenvalue weighted by Gasteiger charge is 2.62. The number of hydrogen-bond acceptors (Lipinski definition) is 10. The summed E-state index contributed by atoms with van der Waals surface area (Å²) in [6, 6.07) is 14.1. The minimum Gasteiger partial charge on any atom is -0.497 e. The highest BCUT2D eigenvalue weighted by molar-refractivity contribution is 7.91. The van der Waals surface area contributed by atoms with Gasteiger partial charge in [-0.1, -0.05) is 55.3 Å². The molecule has 0 radical (unpaired) electrons. The molecular weight excluding hydrogens is 845 g/mol. The van der Waals surface area contributed by atoms with Gasteiger partial charge in [-0.3, -0.25) is 19.1 Å². The Kier molecular flexibility index (Phi) is 13.1. The maximum atomic E-state index is 14.9. The Morgan fingerprint density at radius 2 is 1.78 bits per heavy atom. The smallest absolute Gasteiger partial charge is 0.419 e. The maximum absolute atomic E-state index is 14.9. The normalized spacial score (nSPS) is 21.3. The number of anilines is 1. The molecule has 3 fully saturated rings. The fourth-order valence-electron chi connectivity index (χ4n) is 7.87. The van der Waals surface area contributed by atoms with Crippen LogP contribution in [0.2, 0.25) is 0 Å². The van der Waals surface area contributed by atoms with Crippen LogP contribution in [-0.4, -0.2) is 83.6 Å². The van der Waals surface area contributed by atoms with Crippen molar-refractivity contribution in [1.29, 1.82) is 0 Å². The molecule has 0 spiro atoms. The molecule has 13 nitrogen and oxygen atoms in total. The van der Waals surface area contributed by atoms with E-state index >= 15 is 0 Å². The van der Waals surface area contributed by atoms with Crippen molar-refractivity contribution in [1.82, 2.24) is 24.9 Å². The van der Waals surface area contributed by atoms with E-state index in [2.05, 4.69) is 28.5 Å². The monoisotopic (exact) mass is 892 g/mol. The van der Waals surface area contributed by atoms with Crippen LogP contribution >= 0.6 is 0 Å². The summed E-state index contributed by atoms with van der Waals surface area (Å²) in [7, 11) is -2.48. The fraction of sp³-hybridized carbons (Fsp3) is 0.400. The van der Waals surface area contributed by atoms with Gasteiger partial charge in [0.05, 0.1) is 35.4 Å². The summed E-state index contributed by atoms with van der Waals surface area (Å²) in [5, 5.41) is 5.41. The first kappa shape index (κ1) is 45.0. The molecule has 334 valence electrons. The van der Waals surface area contributed by atoms with Crippen LogP contribution in [-0.2, 0) is 30.6 Å². The minimum absolute atomic E-state index is 0.0501. The van der Waals surface area contributed by atoms with Gasteiger partial charge in [0.1, 0.15) is 35.3 Å². The van der Waals surface area contributed by atoms with E-state index in [0.29, 0.717) is 72.3 Å². The molecule has 63 heavy (non-hydrogen) atoms. The van der Waals surface area contributed by atoms with Gasteiger partial charge in [-0.25, -0.2) is 17.8 Å². The third-order valence-corrected chi connectivity index (χ3v) is 13.4. The maximum Gasteiger partial charge on any atom is 0.419 e. The Morgan fingerprint density at radius 1 is 1.02 bits per heavy atom. The summed E-state index contributed by atoms with van der Waals surface area (Å²) >= 11 is 0. The summed E-state index contributed by atoms with van der Waals surface area (Å²) in [5.74, 6) is -3.51. The molecular formula is C45H48F4N6O7S. The lowest BCUT2D eigenvalue weighted by Crippen LogP contribution is -2.57. The van der Waals surface area contributed by atoms with Gasteiger partial charge < -0.3 is 25.0 Å². The number of unbranched alkanes of at least 4 members (excludes halogenated alkanes) is 3. The number of aromatic nitrogens is 2. The summed E-state index contributed by atoms with van der Waals surface area (Å²) in [4.78, 5) is 53.8. The third-order valence-electron chi connectivity index (χ3n) is 11.6. The number of nitrogens with one attached hydrogen (secondary N) is 3. The number of carbonyl (C=O) groups excluding carboxylic acids is 3. The minimum atomic E-state index is -5.02. The zero-order valence-corrected chi connectivity index (χ0v) is 35.3. The van der Waals surface area contributed by atoms with Crippen molar-refractivity contribution in [3.63, 3.8) is 0 Å². The Balaban J connectivity index is 1.23. The van der Waals surface area contributed by atoms with E-state index in [-0.39, 0.29) is 37.4 Å². The third kappa shape index (κ3) is 10.1. The van der Waals surface area contributed by atoms with Crippen LogP contribution in [0, 0.1) is 11.7 Å². The Labute approximate surface area is 362 Å². The molecule has 3 amide bonds. The molecule has 2 heterocycles. The number of rotatable bonds is 19. The number of nitrogens with zero attached hydrogens (tertiary/aromatic N) is 3. The van der Waals surface area contributed by atoms with E-state index in [9.17, 15) is 40.4 Å². The highest BCUT2D eigenvalue weighted by Crippen LogP contribution is 2.46. The van der Waals surface area contributed by atoms with Crippen molar-refractivity contribution < 1.29 is 49.8 Å². The predicted octanol–water partition coefficient (Wildman–Crippen LogP) is 7.10. The molecule has 5 atom stereocenters. The van der Waals surface area contributed by atoms with E-state index in [4.69, 9.17) is 19.4 Å². The molecule has 7 rings (SSSR count). The molecule has 18 heteroatoms. The zero-order valence-electron chi connectivity index (χ0n) is 34.5. The first-order valence-corrected chi connectivity index (χ1v) is 22.2. The van der Waals surface area contributed by atoms with Crippen LogP contribution in [0.3, 0.4) is 0 Å². The summed E-state index contributed by atoms with van der Waals surface area (Å²) < 4.78 is 95.6. The number of hydrogen-bond donors (Lipinski definition) is 3. The molecule has 1 saturated heterocycles. The summed E-state index contributed by atoms with van der Waals surface area (Å²) in [6.07, 6.45) is 0.634. The Morgan fingerprint density at radius 3 is 2.44 bits per heavy atom. The second kappa shape index (κ2) is 18.4. The van der Waals surface area contributed by atoms with Gasteiger partial charge in [0.2, 0.25) is 27.7 Å². The fourth-order valence-corrected chi connectivity index (χ4v) is 9.23. The molecule has 3 aromatic carbocycles. The van der Waals surface area contributed by atoms with Crippen molar-refractivity contribution >= 4 is 44.3 Å². The lowest BCUT2D eigenvalue weighted by molar-refractivity contribution is -0.140. The number of benzene rings is 3. The van der Waals surface area contributed by atoms with Gasteiger partial charge in [0, 0.05) is 29.7 Å². The Hall–Kier alpha value is -6.04. The number of ether oxygens (including phenoxy) is 2. The molecule has 3 aliphatic rings. The molecule has 2 saturated carbocycles. The van der Waals surface area contributed by atoms with Gasteiger partial charge in [-0.05, 0) is 68.9 Å². The summed E-state index contributed by atoms with van der Waals surface area (Å²) in [6.45, 7) is 7.29. The molecule has 4 aromatic rings. The van der Waals surface area contributed by atoms with Crippen molar-refractivity contribution in [2.45, 2.75) is 92.9 Å². The second-order valence-electron chi connectivity index (χ2n) is 16.1. The lowest BCUT2D eigenvalue weighted by Gasteiger charge is -2.30. The molecule has 1 aliphatic heterocycles. The van der Waals surface area contributed by atoms with Crippen molar-refractivity contribution in [3.05, 3.63) is 103 Å². The summed E-state index contributed by atoms with van der Waals surface area (Å²) in [5.41, 5.74) is -2.20. The van der Waals surface area contributed by atoms with Crippen molar-refractivity contribution in [2.24, 2.45) is 5.92 Å². The molecule has 2 aliphatic carbocycles. The number of allylic oxidation sites excluding steroid dienone is 1. The average molecular weight is 893 g/mol. The van der Waals surface area contributed by atoms with Crippen LogP contribution < -0.4 is 24.8 Å². The van der Waals surface area contributed by atoms with E-state index in [1.54, 1.807) is 24.3 Å². The number of methoxy groups -OCH3 is 1. The number of fused-ring (bicyclic) bond motifs is 1. The largest absolute Gasteiger partial charge is 0.497 e. The van der Waals surface area contributed by atoms with Crippen molar-refractivity contribution in [2.75, 3.05) is 19.0 Å². The first-order valence-electron chi connectivity index (χ1n) is 20.7. The topological polar surface area (TPSA) is 169 Å². The molecule has 1 aromatic heterocycles. The van der Waals surface area contributed by atoms with E-state index in [1.807, 2.05) is 30.3 Å². The predicted molar refractivity (Wildman–Crippen MR) is 227 cm³/mol. The van der Waals surface area contributed by atoms with E-state index in [1.165, 1.54) is 18.1 Å². The van der Waals surface area contributed by atoms with Gasteiger partial charge in [-0.15, -0.1) is 13.2 Å². The average Bonchev–Trinajstić information content (AvgIpc) is 4.20. The number of carbonyl (C=O) groups is 3. The Bertz CT molecular complexity index is 2500. The van der Waals surface area contributed by atoms with Gasteiger partial charge in [0.25, 0.3) is 5.91 Å². The lowest BCUT2D eigenvalue weighted by atomic mass is 10.0. The number of alkyl halides is 3. The van der Waals surface area contributed by atoms with Crippen LogP contribution in [0.25, 0.3) is 22.3 Å². The SMILES string of the molecule is C=CCCCCC[C@H](Nc1ccc(F)c(C(F)(F)F)c1)C(=O)N1C[C@H](Oc2nc(-c3ccccc3)nc3cc(OC)ccc23)C[C@H]1C(=O)N[C@]1(C(=O)NS(=O)(=O)C2CC2)C[C@H]1C=C.